The molecular formula is C17H19FN4O2. The number of aromatic nitrogens is 3. The zero-order valence-corrected chi connectivity index (χ0v) is 13.5. The Morgan fingerprint density at radius 1 is 1.46 bits per heavy atom. The lowest BCUT2D eigenvalue weighted by Crippen LogP contribution is -2.32. The van der Waals surface area contributed by atoms with Crippen LogP contribution in [0.3, 0.4) is 0 Å². The minimum Gasteiger partial charge on any atom is -0.470 e. The molecule has 126 valence electrons. The molecular weight excluding hydrogens is 311 g/mol. The average molecular weight is 330 g/mol. The largest absolute Gasteiger partial charge is 0.470 e. The zero-order valence-electron chi connectivity index (χ0n) is 13.5. The van der Waals surface area contributed by atoms with Crippen LogP contribution in [0.2, 0.25) is 0 Å². The lowest BCUT2D eigenvalue weighted by Gasteiger charge is -2.17. The number of nitrogens with zero attached hydrogens (tertiary/aromatic N) is 4. The summed E-state index contributed by atoms with van der Waals surface area (Å²) in [5.41, 5.74) is 1.21. The molecule has 24 heavy (non-hydrogen) atoms. The van der Waals surface area contributed by atoms with E-state index in [2.05, 4.69) is 15.0 Å². The smallest absolute Gasteiger partial charge is 0.254 e. The molecule has 2 aromatic heterocycles. The molecule has 3 heterocycles. The summed E-state index contributed by atoms with van der Waals surface area (Å²) in [5.74, 6) is -0.528. The number of hydrogen-bond donors (Lipinski definition) is 0. The summed E-state index contributed by atoms with van der Waals surface area (Å²) in [6.45, 7) is 2.85. The van der Waals surface area contributed by atoms with Gasteiger partial charge in [-0.2, -0.15) is 9.37 Å². The highest BCUT2D eigenvalue weighted by Crippen LogP contribution is 2.21. The Balaban J connectivity index is 1.58. The third-order valence-corrected chi connectivity index (χ3v) is 4.02. The van der Waals surface area contributed by atoms with Crippen LogP contribution >= 0.6 is 0 Å². The molecule has 0 radical (unpaired) electrons. The van der Waals surface area contributed by atoms with Crippen molar-refractivity contribution in [3.8, 4) is 5.88 Å². The molecule has 0 saturated carbocycles. The Hall–Kier alpha value is -2.57. The fourth-order valence-corrected chi connectivity index (χ4v) is 2.71. The number of pyridine rings is 1. The molecule has 1 saturated heterocycles. The van der Waals surface area contributed by atoms with E-state index in [1.807, 2.05) is 19.1 Å². The van der Waals surface area contributed by atoms with Gasteiger partial charge in [0.2, 0.25) is 11.7 Å². The van der Waals surface area contributed by atoms with Crippen LogP contribution in [0.1, 0.15) is 24.6 Å². The molecule has 1 atom stereocenters. The summed E-state index contributed by atoms with van der Waals surface area (Å²) in [6.07, 6.45) is 5.85. The Morgan fingerprint density at radius 3 is 3.08 bits per heavy atom. The fraction of sp³-hybridized carbons (Fsp3) is 0.412. The number of rotatable bonds is 5. The second-order valence-corrected chi connectivity index (χ2v) is 5.70. The SMILES string of the molecule is CCc1ncnc(O[C@@H]2CCN(C(=O)Cc3cccnc3)C2)c1F. The predicted octanol–water partition coefficient (Wildman–Crippen LogP) is 1.80. The van der Waals surface area contributed by atoms with E-state index in [9.17, 15) is 9.18 Å². The summed E-state index contributed by atoms with van der Waals surface area (Å²) in [4.78, 5) is 25.8. The highest BCUT2D eigenvalue weighted by atomic mass is 19.1. The normalized spacial score (nSPS) is 17.1. The Labute approximate surface area is 139 Å². The topological polar surface area (TPSA) is 68.2 Å². The predicted molar refractivity (Wildman–Crippen MR) is 84.9 cm³/mol. The standard InChI is InChI=1S/C17H19FN4O2/c1-2-14-16(18)17(21-11-20-14)24-13-5-7-22(10-13)15(23)8-12-4-3-6-19-9-12/h3-4,6,9,11,13H,2,5,7-8,10H2,1H3/t13-/m1/s1. The molecule has 0 aliphatic carbocycles. The average Bonchev–Trinajstić information content (AvgIpc) is 3.06. The first-order valence-corrected chi connectivity index (χ1v) is 8.00. The number of halogens is 1. The van der Waals surface area contributed by atoms with Crippen LogP contribution in [0.5, 0.6) is 5.88 Å². The summed E-state index contributed by atoms with van der Waals surface area (Å²) in [6, 6.07) is 3.68. The Kier molecular flexibility index (Phi) is 4.98. The Bertz CT molecular complexity index is 711. The first-order valence-electron chi connectivity index (χ1n) is 8.00. The summed E-state index contributed by atoms with van der Waals surface area (Å²) in [7, 11) is 0. The minimum atomic E-state index is -0.514. The minimum absolute atomic E-state index is 0.0199. The second-order valence-electron chi connectivity index (χ2n) is 5.70. The van der Waals surface area contributed by atoms with Gasteiger partial charge in [-0.25, -0.2) is 4.98 Å². The number of carbonyl (C=O) groups is 1. The molecule has 1 aliphatic rings. The fourth-order valence-electron chi connectivity index (χ4n) is 2.71. The van der Waals surface area contributed by atoms with Gasteiger partial charge in [-0.05, 0) is 18.1 Å². The molecule has 0 N–H and O–H groups in total. The molecule has 0 aromatic carbocycles. The van der Waals surface area contributed by atoms with Crippen molar-refractivity contribution in [1.82, 2.24) is 19.9 Å². The van der Waals surface area contributed by atoms with Crippen molar-refractivity contribution < 1.29 is 13.9 Å². The van der Waals surface area contributed by atoms with Crippen molar-refractivity contribution in [3.05, 3.63) is 47.9 Å². The molecule has 1 fully saturated rings. The highest BCUT2D eigenvalue weighted by molar-refractivity contribution is 5.79. The number of carbonyl (C=O) groups excluding carboxylic acids is 1. The van der Waals surface area contributed by atoms with Crippen molar-refractivity contribution in [2.75, 3.05) is 13.1 Å². The molecule has 3 rings (SSSR count). The first-order chi connectivity index (χ1) is 11.7. The van der Waals surface area contributed by atoms with Crippen LogP contribution in [0.4, 0.5) is 4.39 Å². The molecule has 0 bridgehead atoms. The maximum atomic E-state index is 14.1. The van der Waals surface area contributed by atoms with Crippen LogP contribution in [-0.2, 0) is 17.6 Å². The van der Waals surface area contributed by atoms with Gasteiger partial charge in [0.1, 0.15) is 12.4 Å². The summed E-state index contributed by atoms with van der Waals surface area (Å²) < 4.78 is 19.8. The number of aryl methyl sites for hydroxylation is 1. The first kappa shape index (κ1) is 16.3. The molecule has 1 aliphatic heterocycles. The number of likely N-dealkylation sites (tertiary alicyclic amines) is 1. The van der Waals surface area contributed by atoms with E-state index in [-0.39, 0.29) is 17.9 Å². The van der Waals surface area contributed by atoms with Gasteiger partial charge in [0.05, 0.1) is 18.7 Å². The van der Waals surface area contributed by atoms with Crippen molar-refractivity contribution in [3.63, 3.8) is 0 Å². The summed E-state index contributed by atoms with van der Waals surface area (Å²) in [5, 5.41) is 0. The molecule has 1 amide bonds. The lowest BCUT2D eigenvalue weighted by atomic mass is 10.2. The van der Waals surface area contributed by atoms with Crippen LogP contribution in [0.25, 0.3) is 0 Å². The van der Waals surface area contributed by atoms with Gasteiger partial charge in [0.15, 0.2) is 0 Å². The highest BCUT2D eigenvalue weighted by Gasteiger charge is 2.29. The van der Waals surface area contributed by atoms with Crippen LogP contribution < -0.4 is 4.74 Å². The van der Waals surface area contributed by atoms with Gasteiger partial charge in [-0.3, -0.25) is 9.78 Å². The number of hydrogen-bond acceptors (Lipinski definition) is 5. The van der Waals surface area contributed by atoms with Crippen LogP contribution in [-0.4, -0.2) is 45.0 Å². The van der Waals surface area contributed by atoms with E-state index in [4.69, 9.17) is 4.74 Å². The van der Waals surface area contributed by atoms with Gasteiger partial charge in [0, 0.05) is 25.4 Å². The van der Waals surface area contributed by atoms with E-state index in [0.29, 0.717) is 38.0 Å². The molecule has 2 aromatic rings. The monoisotopic (exact) mass is 330 g/mol. The molecule has 0 spiro atoms. The number of ether oxygens (including phenoxy) is 1. The third kappa shape index (κ3) is 3.67. The van der Waals surface area contributed by atoms with E-state index in [1.54, 1.807) is 17.3 Å². The van der Waals surface area contributed by atoms with E-state index in [0.717, 1.165) is 5.56 Å². The summed E-state index contributed by atoms with van der Waals surface area (Å²) >= 11 is 0. The van der Waals surface area contributed by atoms with Crippen molar-refractivity contribution in [2.45, 2.75) is 32.3 Å². The maximum Gasteiger partial charge on any atom is 0.254 e. The quantitative estimate of drug-likeness (QED) is 0.836. The Morgan fingerprint density at radius 2 is 2.33 bits per heavy atom. The zero-order chi connectivity index (χ0) is 16.9. The van der Waals surface area contributed by atoms with Crippen molar-refractivity contribution in [2.24, 2.45) is 0 Å². The van der Waals surface area contributed by atoms with Gasteiger partial charge >= 0.3 is 0 Å². The third-order valence-electron chi connectivity index (χ3n) is 4.02. The van der Waals surface area contributed by atoms with E-state index >= 15 is 0 Å². The molecule has 7 heteroatoms. The number of amides is 1. The van der Waals surface area contributed by atoms with Crippen LogP contribution in [0, 0.1) is 5.82 Å². The lowest BCUT2D eigenvalue weighted by molar-refractivity contribution is -0.129. The molecule has 6 nitrogen and oxygen atoms in total. The van der Waals surface area contributed by atoms with Crippen molar-refractivity contribution >= 4 is 5.91 Å². The second kappa shape index (κ2) is 7.33. The maximum absolute atomic E-state index is 14.1. The van der Waals surface area contributed by atoms with Gasteiger partial charge in [-0.1, -0.05) is 13.0 Å². The molecule has 0 unspecified atom stereocenters. The van der Waals surface area contributed by atoms with Gasteiger partial charge in [0.25, 0.3) is 5.88 Å². The van der Waals surface area contributed by atoms with Crippen molar-refractivity contribution in [1.29, 1.82) is 0 Å². The van der Waals surface area contributed by atoms with Gasteiger partial charge in [-0.15, -0.1) is 0 Å². The van der Waals surface area contributed by atoms with E-state index < -0.39 is 5.82 Å². The van der Waals surface area contributed by atoms with Crippen LogP contribution in [0.15, 0.2) is 30.9 Å². The van der Waals surface area contributed by atoms with E-state index in [1.165, 1.54) is 6.33 Å². The van der Waals surface area contributed by atoms with Gasteiger partial charge < -0.3 is 9.64 Å².